The van der Waals surface area contributed by atoms with Gasteiger partial charge in [-0.2, -0.15) is 0 Å². The molecular weight excluding hydrogens is 238 g/mol. The van der Waals surface area contributed by atoms with E-state index in [1.807, 2.05) is 0 Å². The van der Waals surface area contributed by atoms with E-state index in [1.54, 1.807) is 0 Å². The molecule has 1 N–H and O–H groups in total. The van der Waals surface area contributed by atoms with Crippen molar-refractivity contribution in [1.29, 1.82) is 0 Å². The molecule has 17 heavy (non-hydrogen) atoms. The van der Waals surface area contributed by atoms with Gasteiger partial charge in [0.25, 0.3) is 0 Å². The summed E-state index contributed by atoms with van der Waals surface area (Å²) in [5, 5.41) is 3.08. The molecule has 1 amide bonds. The van der Waals surface area contributed by atoms with E-state index in [1.165, 1.54) is 0 Å². The van der Waals surface area contributed by atoms with Gasteiger partial charge in [-0.25, -0.2) is 0 Å². The monoisotopic (exact) mass is 261 g/mol. The number of rotatable bonds is 7. The van der Waals surface area contributed by atoms with Crippen molar-refractivity contribution in [2.75, 3.05) is 12.5 Å². The number of carbonyl (C=O) groups is 1. The highest BCUT2D eigenvalue weighted by Gasteiger charge is 2.27. The predicted molar refractivity (Wildman–Crippen MR) is 70.4 cm³/mol. The summed E-state index contributed by atoms with van der Waals surface area (Å²) in [5.41, 5.74) is -0.227. The molecule has 1 rings (SSSR count). The summed E-state index contributed by atoms with van der Waals surface area (Å²) in [5.74, 6) is 0.580. The van der Waals surface area contributed by atoms with Crippen LogP contribution in [0.5, 0.6) is 0 Å². The topological polar surface area (TPSA) is 38.3 Å². The zero-order valence-electron chi connectivity index (χ0n) is 10.9. The largest absolute Gasteiger partial charge is 0.378 e. The standard InChI is InChI=1S/C13H24ClNO2/c1-3-13(4-2,10-14)15-12(16)8-7-11-6-5-9-17-11/h11H,3-10H2,1-2H3,(H,15,16). The Morgan fingerprint density at radius 1 is 1.47 bits per heavy atom. The molecule has 3 nitrogen and oxygen atoms in total. The van der Waals surface area contributed by atoms with Crippen molar-refractivity contribution >= 4 is 17.5 Å². The van der Waals surface area contributed by atoms with E-state index in [4.69, 9.17) is 16.3 Å². The SMILES string of the molecule is CCC(CC)(CCl)NC(=O)CCC1CCCO1. The highest BCUT2D eigenvalue weighted by atomic mass is 35.5. The molecule has 1 unspecified atom stereocenters. The van der Waals surface area contributed by atoms with Crippen molar-refractivity contribution in [3.63, 3.8) is 0 Å². The van der Waals surface area contributed by atoms with E-state index in [-0.39, 0.29) is 17.6 Å². The first-order valence-corrected chi connectivity index (χ1v) is 7.18. The van der Waals surface area contributed by atoms with Crippen molar-refractivity contribution in [3.05, 3.63) is 0 Å². The quantitative estimate of drug-likeness (QED) is 0.716. The highest BCUT2D eigenvalue weighted by Crippen LogP contribution is 2.19. The molecule has 1 saturated heterocycles. The van der Waals surface area contributed by atoms with Crippen LogP contribution in [0.15, 0.2) is 0 Å². The van der Waals surface area contributed by atoms with Gasteiger partial charge in [-0.1, -0.05) is 13.8 Å². The zero-order valence-corrected chi connectivity index (χ0v) is 11.7. The maximum absolute atomic E-state index is 11.9. The summed E-state index contributed by atoms with van der Waals surface area (Å²) in [6, 6.07) is 0. The van der Waals surface area contributed by atoms with Gasteiger partial charge in [-0.3, -0.25) is 4.79 Å². The van der Waals surface area contributed by atoms with Crippen LogP contribution < -0.4 is 5.32 Å². The van der Waals surface area contributed by atoms with Crippen LogP contribution in [0.2, 0.25) is 0 Å². The third-order valence-electron chi connectivity index (χ3n) is 3.73. The van der Waals surface area contributed by atoms with Gasteiger partial charge in [0.2, 0.25) is 5.91 Å². The number of nitrogens with one attached hydrogen (secondary N) is 1. The molecular formula is C13H24ClNO2. The van der Waals surface area contributed by atoms with Crippen LogP contribution in [0, 0.1) is 0 Å². The van der Waals surface area contributed by atoms with Gasteiger partial charge in [-0.05, 0) is 32.1 Å². The van der Waals surface area contributed by atoms with E-state index in [2.05, 4.69) is 19.2 Å². The predicted octanol–water partition coefficient (Wildman–Crippen LogP) is 2.86. The zero-order chi connectivity index (χ0) is 12.7. The fourth-order valence-electron chi connectivity index (χ4n) is 2.17. The fraction of sp³-hybridized carbons (Fsp3) is 0.923. The number of alkyl halides is 1. The Kier molecular flexibility index (Phi) is 6.28. The molecule has 0 aromatic rings. The lowest BCUT2D eigenvalue weighted by Gasteiger charge is -2.30. The number of ether oxygens (including phenoxy) is 1. The van der Waals surface area contributed by atoms with Crippen molar-refractivity contribution in [2.45, 2.75) is 64.0 Å². The lowest BCUT2D eigenvalue weighted by atomic mass is 9.95. The number of hydrogen-bond acceptors (Lipinski definition) is 2. The molecule has 0 radical (unpaired) electrons. The minimum Gasteiger partial charge on any atom is -0.378 e. The first-order chi connectivity index (χ1) is 8.15. The van der Waals surface area contributed by atoms with E-state index in [0.29, 0.717) is 12.3 Å². The average Bonchev–Trinajstić information content (AvgIpc) is 2.87. The Bertz CT molecular complexity index is 227. The molecule has 0 aromatic carbocycles. The summed E-state index contributed by atoms with van der Waals surface area (Å²) in [6.07, 6.45) is 5.63. The molecule has 0 aliphatic carbocycles. The third-order valence-corrected chi connectivity index (χ3v) is 4.24. The van der Waals surface area contributed by atoms with Gasteiger partial charge in [0.05, 0.1) is 11.6 Å². The van der Waals surface area contributed by atoms with Crippen molar-refractivity contribution in [2.24, 2.45) is 0 Å². The van der Waals surface area contributed by atoms with Crippen molar-refractivity contribution < 1.29 is 9.53 Å². The lowest BCUT2D eigenvalue weighted by Crippen LogP contribution is -2.49. The molecule has 1 aliphatic heterocycles. The Morgan fingerprint density at radius 3 is 2.65 bits per heavy atom. The minimum atomic E-state index is -0.227. The van der Waals surface area contributed by atoms with Gasteiger partial charge in [0.15, 0.2) is 0 Å². The van der Waals surface area contributed by atoms with Gasteiger partial charge < -0.3 is 10.1 Å². The van der Waals surface area contributed by atoms with Crippen LogP contribution in [0.1, 0.15) is 52.4 Å². The van der Waals surface area contributed by atoms with E-state index in [9.17, 15) is 4.79 Å². The molecule has 0 saturated carbocycles. The van der Waals surface area contributed by atoms with E-state index in [0.717, 1.165) is 38.7 Å². The smallest absolute Gasteiger partial charge is 0.220 e. The number of amides is 1. The highest BCUT2D eigenvalue weighted by molar-refractivity contribution is 6.18. The molecule has 1 fully saturated rings. The Labute approximate surface area is 109 Å². The van der Waals surface area contributed by atoms with Crippen LogP contribution in [0.4, 0.5) is 0 Å². The molecule has 1 atom stereocenters. The average molecular weight is 262 g/mol. The van der Waals surface area contributed by atoms with Crippen molar-refractivity contribution in [3.8, 4) is 0 Å². The first kappa shape index (κ1) is 14.8. The summed E-state index contributed by atoms with van der Waals surface area (Å²) < 4.78 is 5.51. The maximum Gasteiger partial charge on any atom is 0.220 e. The molecule has 1 heterocycles. The van der Waals surface area contributed by atoms with Crippen LogP contribution in [-0.4, -0.2) is 30.0 Å². The van der Waals surface area contributed by atoms with Crippen LogP contribution in [0.3, 0.4) is 0 Å². The second-order valence-corrected chi connectivity index (χ2v) is 5.11. The second kappa shape index (κ2) is 7.22. The lowest BCUT2D eigenvalue weighted by molar-refractivity contribution is -0.123. The van der Waals surface area contributed by atoms with Crippen LogP contribution >= 0.6 is 11.6 Å². The molecule has 0 aromatic heterocycles. The second-order valence-electron chi connectivity index (χ2n) is 4.84. The van der Waals surface area contributed by atoms with E-state index < -0.39 is 0 Å². The summed E-state index contributed by atoms with van der Waals surface area (Å²) in [6.45, 7) is 4.97. The minimum absolute atomic E-state index is 0.102. The Hall–Kier alpha value is -0.280. The van der Waals surface area contributed by atoms with E-state index >= 15 is 0 Å². The molecule has 1 aliphatic rings. The molecule has 0 bridgehead atoms. The third kappa shape index (κ3) is 4.47. The first-order valence-electron chi connectivity index (χ1n) is 6.64. The molecule has 4 heteroatoms. The number of halogens is 1. The normalized spacial score (nSPS) is 20.5. The van der Waals surface area contributed by atoms with Gasteiger partial charge in [-0.15, -0.1) is 11.6 Å². The number of carbonyl (C=O) groups excluding carboxylic acids is 1. The maximum atomic E-state index is 11.9. The summed E-state index contributed by atoms with van der Waals surface area (Å²) >= 11 is 5.96. The van der Waals surface area contributed by atoms with Crippen LogP contribution in [-0.2, 0) is 9.53 Å². The summed E-state index contributed by atoms with van der Waals surface area (Å²) in [4.78, 5) is 11.9. The fourth-order valence-corrected chi connectivity index (χ4v) is 2.62. The molecule has 100 valence electrons. The van der Waals surface area contributed by atoms with Crippen LogP contribution in [0.25, 0.3) is 0 Å². The Balaban J connectivity index is 2.31. The number of hydrogen-bond donors (Lipinski definition) is 1. The molecule has 0 spiro atoms. The summed E-state index contributed by atoms with van der Waals surface area (Å²) in [7, 11) is 0. The van der Waals surface area contributed by atoms with Gasteiger partial charge in [0, 0.05) is 18.9 Å². The van der Waals surface area contributed by atoms with Gasteiger partial charge >= 0.3 is 0 Å². The van der Waals surface area contributed by atoms with Crippen molar-refractivity contribution in [1.82, 2.24) is 5.32 Å². The van der Waals surface area contributed by atoms with Gasteiger partial charge in [0.1, 0.15) is 0 Å². The Morgan fingerprint density at radius 2 is 2.18 bits per heavy atom.